The zero-order valence-corrected chi connectivity index (χ0v) is 11.3. The van der Waals surface area contributed by atoms with Gasteiger partial charge in [-0.2, -0.15) is 0 Å². The van der Waals surface area contributed by atoms with E-state index in [0.29, 0.717) is 19.8 Å². The van der Waals surface area contributed by atoms with Crippen molar-refractivity contribution in [2.24, 2.45) is 11.5 Å². The quantitative estimate of drug-likeness (QED) is 0.737. The molecule has 4 heteroatoms. The van der Waals surface area contributed by atoms with Crippen LogP contribution in [0, 0.1) is 0 Å². The standard InChI is InChI=1S/C14H24N2O2/c1-3-7-18-14-5-4-11(6-8-17-2)9-12(14)13(16)10-15/h4-5,9,13H,3,6-8,10,15-16H2,1-2H3. The van der Waals surface area contributed by atoms with Gasteiger partial charge in [-0.05, 0) is 24.5 Å². The largest absolute Gasteiger partial charge is 0.493 e. The Kier molecular flexibility index (Phi) is 6.72. The first kappa shape index (κ1) is 15.0. The van der Waals surface area contributed by atoms with Crippen LogP contribution in [0.15, 0.2) is 18.2 Å². The van der Waals surface area contributed by atoms with Gasteiger partial charge in [0.1, 0.15) is 5.75 Å². The molecule has 0 aliphatic heterocycles. The second-order valence-electron chi connectivity index (χ2n) is 4.31. The average molecular weight is 252 g/mol. The van der Waals surface area contributed by atoms with Gasteiger partial charge < -0.3 is 20.9 Å². The molecule has 1 atom stereocenters. The summed E-state index contributed by atoms with van der Waals surface area (Å²) >= 11 is 0. The van der Waals surface area contributed by atoms with E-state index in [1.54, 1.807) is 7.11 Å². The molecule has 4 nitrogen and oxygen atoms in total. The maximum Gasteiger partial charge on any atom is 0.124 e. The fraction of sp³-hybridized carbons (Fsp3) is 0.571. The lowest BCUT2D eigenvalue weighted by Crippen LogP contribution is -2.22. The van der Waals surface area contributed by atoms with Crippen LogP contribution in [0.5, 0.6) is 5.75 Å². The molecule has 1 unspecified atom stereocenters. The van der Waals surface area contributed by atoms with Gasteiger partial charge in [0, 0.05) is 25.3 Å². The van der Waals surface area contributed by atoms with E-state index >= 15 is 0 Å². The molecule has 1 aromatic rings. The summed E-state index contributed by atoms with van der Waals surface area (Å²) in [5.74, 6) is 0.843. The number of ether oxygens (including phenoxy) is 2. The average Bonchev–Trinajstić information content (AvgIpc) is 2.42. The van der Waals surface area contributed by atoms with E-state index in [9.17, 15) is 0 Å². The molecule has 0 bridgehead atoms. The van der Waals surface area contributed by atoms with Crippen LogP contribution in [-0.2, 0) is 11.2 Å². The Labute approximate surface area is 109 Å². The Morgan fingerprint density at radius 2 is 2.06 bits per heavy atom. The second kappa shape index (κ2) is 8.08. The minimum absolute atomic E-state index is 0.181. The molecule has 0 radical (unpaired) electrons. The van der Waals surface area contributed by atoms with Gasteiger partial charge in [-0.3, -0.25) is 0 Å². The number of hydrogen-bond donors (Lipinski definition) is 2. The number of nitrogens with two attached hydrogens (primary N) is 2. The Morgan fingerprint density at radius 3 is 2.67 bits per heavy atom. The van der Waals surface area contributed by atoms with Gasteiger partial charge in [0.25, 0.3) is 0 Å². The van der Waals surface area contributed by atoms with E-state index < -0.39 is 0 Å². The molecule has 4 N–H and O–H groups in total. The van der Waals surface area contributed by atoms with E-state index in [-0.39, 0.29) is 6.04 Å². The summed E-state index contributed by atoms with van der Waals surface area (Å²) in [4.78, 5) is 0. The van der Waals surface area contributed by atoms with Crippen LogP contribution >= 0.6 is 0 Å². The predicted octanol–water partition coefficient (Wildman–Crippen LogP) is 1.62. The summed E-state index contributed by atoms with van der Waals surface area (Å²) in [6.45, 7) is 3.89. The third-order valence-electron chi connectivity index (χ3n) is 2.78. The molecule has 0 saturated carbocycles. The smallest absolute Gasteiger partial charge is 0.124 e. The summed E-state index contributed by atoms with van der Waals surface area (Å²) in [5, 5.41) is 0. The van der Waals surface area contributed by atoms with Crippen LogP contribution in [0.1, 0.15) is 30.5 Å². The molecule has 0 aromatic heterocycles. The summed E-state index contributed by atoms with van der Waals surface area (Å²) < 4.78 is 10.8. The van der Waals surface area contributed by atoms with Crippen LogP contribution in [-0.4, -0.2) is 26.9 Å². The van der Waals surface area contributed by atoms with Crippen molar-refractivity contribution in [3.8, 4) is 5.75 Å². The van der Waals surface area contributed by atoms with E-state index in [4.69, 9.17) is 20.9 Å². The van der Waals surface area contributed by atoms with Crippen molar-refractivity contribution in [2.45, 2.75) is 25.8 Å². The highest BCUT2D eigenvalue weighted by Crippen LogP contribution is 2.25. The highest BCUT2D eigenvalue weighted by Gasteiger charge is 2.11. The van der Waals surface area contributed by atoms with Gasteiger partial charge in [0.15, 0.2) is 0 Å². The van der Waals surface area contributed by atoms with Crippen LogP contribution < -0.4 is 16.2 Å². The fourth-order valence-corrected chi connectivity index (χ4v) is 1.73. The first-order chi connectivity index (χ1) is 8.72. The van der Waals surface area contributed by atoms with Crippen molar-refractivity contribution < 1.29 is 9.47 Å². The molecule has 0 saturated heterocycles. The summed E-state index contributed by atoms with van der Waals surface area (Å²) in [5.41, 5.74) is 13.9. The van der Waals surface area contributed by atoms with Crippen molar-refractivity contribution in [1.29, 1.82) is 0 Å². The predicted molar refractivity (Wildman–Crippen MR) is 73.8 cm³/mol. The van der Waals surface area contributed by atoms with Crippen molar-refractivity contribution in [3.63, 3.8) is 0 Å². The topological polar surface area (TPSA) is 70.5 Å². The van der Waals surface area contributed by atoms with Crippen molar-refractivity contribution >= 4 is 0 Å². The maximum absolute atomic E-state index is 6.03. The van der Waals surface area contributed by atoms with E-state index in [2.05, 4.69) is 19.1 Å². The van der Waals surface area contributed by atoms with E-state index in [1.165, 1.54) is 5.56 Å². The molecular formula is C14H24N2O2. The van der Waals surface area contributed by atoms with Crippen LogP contribution in [0.3, 0.4) is 0 Å². The first-order valence-electron chi connectivity index (χ1n) is 6.43. The third-order valence-corrected chi connectivity index (χ3v) is 2.78. The highest BCUT2D eigenvalue weighted by atomic mass is 16.5. The SMILES string of the molecule is CCCOc1ccc(CCOC)cc1C(N)CN. The van der Waals surface area contributed by atoms with Crippen molar-refractivity contribution in [2.75, 3.05) is 26.9 Å². The van der Waals surface area contributed by atoms with Gasteiger partial charge in [-0.1, -0.05) is 19.1 Å². The lowest BCUT2D eigenvalue weighted by atomic mass is 10.0. The van der Waals surface area contributed by atoms with E-state index in [1.807, 2.05) is 6.07 Å². The van der Waals surface area contributed by atoms with Gasteiger partial charge >= 0.3 is 0 Å². The Hall–Kier alpha value is -1.10. The molecule has 0 amide bonds. The van der Waals surface area contributed by atoms with Crippen molar-refractivity contribution in [1.82, 2.24) is 0 Å². The molecule has 0 aliphatic carbocycles. The van der Waals surface area contributed by atoms with Gasteiger partial charge in [0.2, 0.25) is 0 Å². The van der Waals surface area contributed by atoms with Crippen LogP contribution in [0.25, 0.3) is 0 Å². The zero-order valence-electron chi connectivity index (χ0n) is 11.3. The molecular weight excluding hydrogens is 228 g/mol. The lowest BCUT2D eigenvalue weighted by Gasteiger charge is -2.17. The monoisotopic (exact) mass is 252 g/mol. The molecule has 0 aliphatic rings. The first-order valence-corrected chi connectivity index (χ1v) is 6.43. The minimum atomic E-state index is -0.181. The summed E-state index contributed by atoms with van der Waals surface area (Å²) in [6, 6.07) is 5.92. The molecule has 1 aromatic carbocycles. The number of methoxy groups -OCH3 is 1. The Morgan fingerprint density at radius 1 is 1.28 bits per heavy atom. The van der Waals surface area contributed by atoms with Crippen LogP contribution in [0.4, 0.5) is 0 Å². The molecule has 18 heavy (non-hydrogen) atoms. The number of hydrogen-bond acceptors (Lipinski definition) is 4. The number of rotatable bonds is 8. The van der Waals surface area contributed by atoms with Crippen LogP contribution in [0.2, 0.25) is 0 Å². The summed E-state index contributed by atoms with van der Waals surface area (Å²) in [7, 11) is 1.70. The summed E-state index contributed by atoms with van der Waals surface area (Å²) in [6.07, 6.45) is 1.84. The third kappa shape index (κ3) is 4.29. The molecule has 1 rings (SSSR count). The van der Waals surface area contributed by atoms with Gasteiger partial charge in [0.05, 0.1) is 13.2 Å². The second-order valence-corrected chi connectivity index (χ2v) is 4.31. The molecule has 0 heterocycles. The fourth-order valence-electron chi connectivity index (χ4n) is 1.73. The van der Waals surface area contributed by atoms with Crippen molar-refractivity contribution in [3.05, 3.63) is 29.3 Å². The van der Waals surface area contributed by atoms with Gasteiger partial charge in [-0.15, -0.1) is 0 Å². The lowest BCUT2D eigenvalue weighted by molar-refractivity contribution is 0.202. The number of benzene rings is 1. The van der Waals surface area contributed by atoms with Gasteiger partial charge in [-0.25, -0.2) is 0 Å². The van der Waals surface area contributed by atoms with E-state index in [0.717, 1.165) is 24.2 Å². The molecule has 0 fully saturated rings. The Balaban J connectivity index is 2.89. The zero-order chi connectivity index (χ0) is 13.4. The maximum atomic E-state index is 6.03. The molecule has 0 spiro atoms. The molecule has 102 valence electrons. The minimum Gasteiger partial charge on any atom is -0.493 e. The Bertz CT molecular complexity index is 356. The highest BCUT2D eigenvalue weighted by molar-refractivity contribution is 5.39. The normalized spacial score (nSPS) is 12.4.